The number of hydrogen-bond acceptors (Lipinski definition) is 8. The summed E-state index contributed by atoms with van der Waals surface area (Å²) >= 11 is 0. The van der Waals surface area contributed by atoms with Crippen LogP contribution < -0.4 is 9.97 Å². The summed E-state index contributed by atoms with van der Waals surface area (Å²) in [5.41, 5.74) is 0.730. The first kappa shape index (κ1) is 21.0. The van der Waals surface area contributed by atoms with Crippen LogP contribution in [-0.4, -0.2) is 49.0 Å². The highest BCUT2D eigenvalue weighted by Crippen LogP contribution is 2.30. The molecule has 29 heavy (non-hydrogen) atoms. The Morgan fingerprint density at radius 3 is 2.69 bits per heavy atom. The average Bonchev–Trinajstić information content (AvgIpc) is 2.68. The molecule has 1 fully saturated rings. The molecule has 1 atom stereocenters. The molecule has 0 bridgehead atoms. The molecule has 3 rings (SSSR count). The van der Waals surface area contributed by atoms with E-state index in [2.05, 4.69) is 5.32 Å². The van der Waals surface area contributed by atoms with Crippen LogP contribution in [0.4, 0.5) is 4.79 Å². The van der Waals surface area contributed by atoms with E-state index in [-0.39, 0.29) is 23.3 Å². The average molecular weight is 405 g/mol. The molecule has 2 N–H and O–H groups in total. The third-order valence-electron chi connectivity index (χ3n) is 4.91. The first-order valence-corrected chi connectivity index (χ1v) is 9.68. The zero-order valence-electron chi connectivity index (χ0n) is 16.2. The smallest absolute Gasteiger partial charge is 0.534 e. The maximum absolute atomic E-state index is 12.4. The van der Waals surface area contributed by atoms with Gasteiger partial charge in [0.25, 0.3) is 0 Å². The summed E-state index contributed by atoms with van der Waals surface area (Å²) in [6, 6.07) is 4.84. The van der Waals surface area contributed by atoms with Gasteiger partial charge in [0.1, 0.15) is 17.4 Å². The van der Waals surface area contributed by atoms with E-state index in [4.69, 9.17) is 18.9 Å². The van der Waals surface area contributed by atoms with Gasteiger partial charge in [-0.1, -0.05) is 18.6 Å². The van der Waals surface area contributed by atoms with Gasteiger partial charge in [-0.2, -0.15) is 0 Å². The van der Waals surface area contributed by atoms with Gasteiger partial charge in [0.2, 0.25) is 12.7 Å². The maximum Gasteiger partial charge on any atom is 0.547 e. The highest BCUT2D eigenvalue weighted by atomic mass is 16.8. The fourth-order valence-corrected chi connectivity index (χ4v) is 3.53. The molecule has 9 nitrogen and oxygen atoms in total. The molecular formula is C19H24BNO8. The molecule has 2 aliphatic rings. The number of fused-ring (bicyclic) bond motifs is 1. The SMILES string of the molecule is CC(=O)NC1Cc2cccc(C(=O)OCOC(=O)OC3CCCCC3)c2OB1O. The fourth-order valence-electron chi connectivity index (χ4n) is 3.53. The van der Waals surface area contributed by atoms with Crippen LogP contribution in [0.25, 0.3) is 0 Å². The van der Waals surface area contributed by atoms with Gasteiger partial charge >= 0.3 is 19.2 Å². The van der Waals surface area contributed by atoms with Gasteiger partial charge in [-0.05, 0) is 43.7 Å². The van der Waals surface area contributed by atoms with Crippen molar-refractivity contribution in [3.05, 3.63) is 29.3 Å². The minimum atomic E-state index is -1.30. The lowest BCUT2D eigenvalue weighted by atomic mass is 9.72. The van der Waals surface area contributed by atoms with E-state index in [0.717, 1.165) is 32.1 Å². The standard InChI is InChI=1S/C19H24BNO8/c1-12(22)21-16-10-13-6-5-9-15(17(13)29-20(16)25)18(23)26-11-27-19(24)28-14-7-3-2-4-8-14/h5-6,9,14,16,25H,2-4,7-8,10-11H2,1H3,(H,21,22). The van der Waals surface area contributed by atoms with Crippen molar-refractivity contribution in [3.63, 3.8) is 0 Å². The number of esters is 1. The minimum absolute atomic E-state index is 0.0899. The van der Waals surface area contributed by atoms with E-state index >= 15 is 0 Å². The van der Waals surface area contributed by atoms with Crippen LogP contribution in [0.15, 0.2) is 18.2 Å². The van der Waals surface area contributed by atoms with Gasteiger partial charge in [0.15, 0.2) is 0 Å². The normalized spacial score (nSPS) is 18.8. The van der Waals surface area contributed by atoms with Crippen molar-refractivity contribution in [2.24, 2.45) is 0 Å². The Kier molecular flexibility index (Phi) is 6.97. The number of ether oxygens (including phenoxy) is 3. The predicted molar refractivity (Wildman–Crippen MR) is 101 cm³/mol. The monoisotopic (exact) mass is 405 g/mol. The molecule has 0 spiro atoms. The van der Waals surface area contributed by atoms with Crippen LogP contribution in [-0.2, 0) is 25.4 Å². The molecule has 1 unspecified atom stereocenters. The third-order valence-corrected chi connectivity index (χ3v) is 4.91. The molecule has 1 saturated carbocycles. The molecule has 1 heterocycles. The quantitative estimate of drug-likeness (QED) is 0.432. The highest BCUT2D eigenvalue weighted by molar-refractivity contribution is 6.47. The van der Waals surface area contributed by atoms with Crippen molar-refractivity contribution in [2.75, 3.05) is 6.79 Å². The Balaban J connectivity index is 1.54. The molecule has 0 radical (unpaired) electrons. The van der Waals surface area contributed by atoms with Gasteiger partial charge in [-0.15, -0.1) is 0 Å². The summed E-state index contributed by atoms with van der Waals surface area (Å²) in [7, 11) is -1.30. The second-order valence-electron chi connectivity index (χ2n) is 7.14. The van der Waals surface area contributed by atoms with Crippen LogP contribution in [0.3, 0.4) is 0 Å². The number of carbonyl (C=O) groups is 3. The van der Waals surface area contributed by atoms with E-state index < -0.39 is 32.0 Å². The molecular weight excluding hydrogens is 381 g/mol. The number of para-hydroxylation sites is 1. The molecule has 156 valence electrons. The van der Waals surface area contributed by atoms with E-state index in [1.807, 2.05) is 0 Å². The highest BCUT2D eigenvalue weighted by Gasteiger charge is 2.37. The number of benzene rings is 1. The Morgan fingerprint density at radius 1 is 1.21 bits per heavy atom. The topological polar surface area (TPSA) is 120 Å². The first-order valence-electron chi connectivity index (χ1n) is 9.68. The maximum atomic E-state index is 12.4. The molecule has 10 heteroatoms. The Hall–Kier alpha value is -2.75. The van der Waals surface area contributed by atoms with Crippen molar-refractivity contribution < 1.29 is 38.3 Å². The van der Waals surface area contributed by atoms with Gasteiger partial charge < -0.3 is 29.2 Å². The van der Waals surface area contributed by atoms with Gasteiger partial charge in [-0.3, -0.25) is 4.79 Å². The van der Waals surface area contributed by atoms with E-state index in [1.54, 1.807) is 12.1 Å². The Bertz CT molecular complexity index is 765. The second kappa shape index (κ2) is 9.64. The Labute approximate surface area is 168 Å². The summed E-state index contributed by atoms with van der Waals surface area (Å²) in [5, 5.41) is 12.7. The zero-order chi connectivity index (χ0) is 20.8. The summed E-state index contributed by atoms with van der Waals surface area (Å²) in [6.07, 6.45) is 4.05. The summed E-state index contributed by atoms with van der Waals surface area (Å²) < 4.78 is 20.4. The lowest BCUT2D eigenvalue weighted by Crippen LogP contribution is -2.52. The van der Waals surface area contributed by atoms with Gasteiger partial charge in [0.05, 0.1) is 5.94 Å². The molecule has 0 saturated heterocycles. The summed E-state index contributed by atoms with van der Waals surface area (Å²) in [5.74, 6) is -1.51. The molecule has 1 amide bonds. The number of amides is 1. The lowest BCUT2D eigenvalue weighted by Gasteiger charge is -2.28. The number of rotatable bonds is 5. The molecule has 0 aromatic heterocycles. The molecule has 1 aromatic carbocycles. The van der Waals surface area contributed by atoms with E-state index in [9.17, 15) is 19.4 Å². The van der Waals surface area contributed by atoms with Gasteiger partial charge in [0, 0.05) is 6.92 Å². The minimum Gasteiger partial charge on any atom is -0.534 e. The third kappa shape index (κ3) is 5.63. The van der Waals surface area contributed by atoms with Crippen molar-refractivity contribution in [2.45, 2.75) is 57.5 Å². The predicted octanol–water partition coefficient (Wildman–Crippen LogP) is 1.75. The summed E-state index contributed by atoms with van der Waals surface area (Å²) in [6.45, 7) is 0.750. The van der Waals surface area contributed by atoms with Crippen molar-refractivity contribution in [1.29, 1.82) is 0 Å². The number of nitrogens with one attached hydrogen (secondary N) is 1. The van der Waals surface area contributed by atoms with Gasteiger partial charge in [-0.25, -0.2) is 9.59 Å². The molecule has 1 aliphatic carbocycles. The van der Waals surface area contributed by atoms with Crippen molar-refractivity contribution in [1.82, 2.24) is 5.32 Å². The number of carbonyl (C=O) groups excluding carboxylic acids is 3. The van der Waals surface area contributed by atoms with Crippen LogP contribution >= 0.6 is 0 Å². The summed E-state index contributed by atoms with van der Waals surface area (Å²) in [4.78, 5) is 35.3. The number of hydrogen-bond donors (Lipinski definition) is 2. The van der Waals surface area contributed by atoms with Crippen molar-refractivity contribution in [3.8, 4) is 5.75 Å². The van der Waals surface area contributed by atoms with Crippen LogP contribution in [0.2, 0.25) is 0 Å². The van der Waals surface area contributed by atoms with Crippen LogP contribution in [0, 0.1) is 0 Å². The molecule has 1 aliphatic heterocycles. The van der Waals surface area contributed by atoms with E-state index in [0.29, 0.717) is 12.0 Å². The second-order valence-corrected chi connectivity index (χ2v) is 7.14. The Morgan fingerprint density at radius 2 is 1.97 bits per heavy atom. The van der Waals surface area contributed by atoms with Crippen molar-refractivity contribution >= 4 is 25.2 Å². The fraction of sp³-hybridized carbons (Fsp3) is 0.526. The first-order chi connectivity index (χ1) is 13.9. The largest absolute Gasteiger partial charge is 0.547 e. The van der Waals surface area contributed by atoms with Crippen LogP contribution in [0.1, 0.15) is 54.9 Å². The van der Waals surface area contributed by atoms with E-state index in [1.165, 1.54) is 13.0 Å². The molecule has 1 aromatic rings. The lowest BCUT2D eigenvalue weighted by molar-refractivity contribution is -0.119. The van der Waals surface area contributed by atoms with Crippen LogP contribution in [0.5, 0.6) is 5.75 Å². The zero-order valence-corrected chi connectivity index (χ0v) is 16.2.